The predicted molar refractivity (Wildman–Crippen MR) is 125 cm³/mol. The van der Waals surface area contributed by atoms with Gasteiger partial charge in [-0.1, -0.05) is 65.8 Å². The number of nitrogens with one attached hydrogen (secondary N) is 1. The lowest BCUT2D eigenvalue weighted by atomic mass is 10.2. The molecule has 0 atom stereocenters. The van der Waals surface area contributed by atoms with E-state index in [2.05, 4.69) is 27.9 Å². The highest BCUT2D eigenvalue weighted by Gasteiger charge is 2.01. The average molecular weight is 537 g/mol. The third kappa shape index (κ3) is 17.9. The molecule has 0 aliphatic carbocycles. The van der Waals surface area contributed by atoms with E-state index < -0.39 is 6.09 Å². The van der Waals surface area contributed by atoms with Crippen molar-refractivity contribution in [2.45, 2.75) is 32.3 Å². The van der Waals surface area contributed by atoms with Gasteiger partial charge in [0.2, 0.25) is 0 Å². The lowest BCUT2D eigenvalue weighted by Crippen LogP contribution is -2.28. The van der Waals surface area contributed by atoms with Crippen LogP contribution in [-0.2, 0) is 30.3 Å². The van der Waals surface area contributed by atoms with Gasteiger partial charge in [0.1, 0.15) is 6.61 Å². The second kappa shape index (κ2) is 21.3. The number of alkyl carbamates (subject to hydrolysis) is 1. The second-order valence-electron chi connectivity index (χ2n) is 6.54. The molecule has 0 bridgehead atoms. The van der Waals surface area contributed by atoms with Gasteiger partial charge in [-0.15, -0.1) is 0 Å². The summed E-state index contributed by atoms with van der Waals surface area (Å²) in [7, 11) is 0. The van der Waals surface area contributed by atoms with Crippen molar-refractivity contribution in [2.24, 2.45) is 0 Å². The van der Waals surface area contributed by atoms with E-state index in [-0.39, 0.29) is 6.61 Å². The molecule has 172 valence electrons. The number of amides is 1. The molecule has 0 saturated heterocycles. The first-order valence-electron chi connectivity index (χ1n) is 10.6. The van der Waals surface area contributed by atoms with Gasteiger partial charge in [0, 0.05) is 13.2 Å². The summed E-state index contributed by atoms with van der Waals surface area (Å²) in [5.41, 5.74) is 0.954. The fraction of sp³-hybridized carbons (Fsp3) is 0.682. The summed E-state index contributed by atoms with van der Waals surface area (Å²) in [4.78, 5) is 11.6. The molecule has 0 heterocycles. The molecule has 0 spiro atoms. The fourth-order valence-corrected chi connectivity index (χ4v) is 2.95. The highest BCUT2D eigenvalue weighted by atomic mass is 127. The quantitative estimate of drug-likeness (QED) is 0.154. The van der Waals surface area contributed by atoms with Crippen LogP contribution in [0.25, 0.3) is 0 Å². The van der Waals surface area contributed by atoms with Gasteiger partial charge in [-0.05, 0) is 22.8 Å². The van der Waals surface area contributed by atoms with Crippen molar-refractivity contribution < 1.29 is 28.5 Å². The van der Waals surface area contributed by atoms with Crippen LogP contribution in [0.5, 0.6) is 0 Å². The van der Waals surface area contributed by atoms with Crippen molar-refractivity contribution >= 4 is 28.7 Å². The third-order valence-electron chi connectivity index (χ3n) is 4.02. The zero-order valence-corrected chi connectivity index (χ0v) is 20.0. The summed E-state index contributed by atoms with van der Waals surface area (Å²) in [6.45, 7) is 5.17. The number of ether oxygens (including phenoxy) is 5. The van der Waals surface area contributed by atoms with E-state index >= 15 is 0 Å². The second-order valence-corrected chi connectivity index (χ2v) is 7.62. The fourth-order valence-electron chi connectivity index (χ4n) is 2.41. The number of hydrogen-bond acceptors (Lipinski definition) is 6. The SMILES string of the molecule is O=C(NCCOCCOCCOCCOCCCCCCI)OCc1ccccc1. The van der Waals surface area contributed by atoms with Crippen LogP contribution in [0.2, 0.25) is 0 Å². The van der Waals surface area contributed by atoms with Gasteiger partial charge in [-0.2, -0.15) is 0 Å². The molecule has 30 heavy (non-hydrogen) atoms. The van der Waals surface area contributed by atoms with E-state index in [1.165, 1.54) is 23.7 Å². The third-order valence-corrected chi connectivity index (χ3v) is 4.78. The predicted octanol–water partition coefficient (Wildman–Crippen LogP) is 3.97. The monoisotopic (exact) mass is 537 g/mol. The molecule has 0 aromatic heterocycles. The van der Waals surface area contributed by atoms with Crippen molar-refractivity contribution in [2.75, 3.05) is 63.8 Å². The van der Waals surface area contributed by atoms with Crippen LogP contribution in [0.15, 0.2) is 30.3 Å². The summed E-state index contributed by atoms with van der Waals surface area (Å²) in [6.07, 6.45) is 4.52. The zero-order valence-electron chi connectivity index (χ0n) is 17.8. The van der Waals surface area contributed by atoms with E-state index in [1.807, 2.05) is 30.3 Å². The highest BCUT2D eigenvalue weighted by Crippen LogP contribution is 2.02. The number of carbonyl (C=O) groups excluding carboxylic acids is 1. The van der Waals surface area contributed by atoms with Crippen LogP contribution in [0.3, 0.4) is 0 Å². The lowest BCUT2D eigenvalue weighted by molar-refractivity contribution is -0.00181. The Hall–Kier alpha value is -0.940. The summed E-state index contributed by atoms with van der Waals surface area (Å²) >= 11 is 2.41. The molecular formula is C22H36INO6. The van der Waals surface area contributed by atoms with Crippen molar-refractivity contribution in [1.82, 2.24) is 5.32 Å². The van der Waals surface area contributed by atoms with Crippen LogP contribution in [-0.4, -0.2) is 69.9 Å². The van der Waals surface area contributed by atoms with Gasteiger partial charge in [-0.25, -0.2) is 4.79 Å². The van der Waals surface area contributed by atoms with Crippen molar-refractivity contribution in [3.63, 3.8) is 0 Å². The number of carbonyl (C=O) groups is 1. The number of alkyl halides is 1. The summed E-state index contributed by atoms with van der Waals surface area (Å²) in [6, 6.07) is 9.55. The first-order chi connectivity index (χ1) is 14.8. The van der Waals surface area contributed by atoms with E-state index in [4.69, 9.17) is 23.7 Å². The standard InChI is InChI=1S/C22H36INO6/c23-10-6-1-2-7-12-26-14-16-28-18-19-29-17-15-27-13-11-24-22(25)30-20-21-8-4-3-5-9-21/h3-5,8-9H,1-2,6-7,10-20H2,(H,24,25). The van der Waals surface area contributed by atoms with Gasteiger partial charge in [0.25, 0.3) is 0 Å². The van der Waals surface area contributed by atoms with Gasteiger partial charge >= 0.3 is 6.09 Å². The van der Waals surface area contributed by atoms with Crippen molar-refractivity contribution in [1.29, 1.82) is 0 Å². The lowest BCUT2D eigenvalue weighted by Gasteiger charge is -2.09. The Morgan fingerprint density at radius 2 is 1.30 bits per heavy atom. The topological polar surface area (TPSA) is 75.3 Å². The van der Waals surface area contributed by atoms with E-state index in [1.54, 1.807) is 0 Å². The molecule has 1 rings (SSSR count). The molecule has 0 saturated carbocycles. The van der Waals surface area contributed by atoms with Gasteiger partial charge in [0.15, 0.2) is 0 Å². The maximum atomic E-state index is 11.6. The molecule has 0 aliphatic heterocycles. The van der Waals surface area contributed by atoms with Crippen LogP contribution in [0.1, 0.15) is 31.2 Å². The largest absolute Gasteiger partial charge is 0.445 e. The van der Waals surface area contributed by atoms with E-state index in [0.29, 0.717) is 52.8 Å². The Balaban J connectivity index is 1.73. The van der Waals surface area contributed by atoms with E-state index in [0.717, 1.165) is 18.6 Å². The molecule has 0 fully saturated rings. The number of rotatable bonds is 20. The maximum Gasteiger partial charge on any atom is 0.407 e. The summed E-state index contributed by atoms with van der Waals surface area (Å²) in [5.74, 6) is 0. The molecule has 0 aliphatic rings. The minimum absolute atomic E-state index is 0.258. The zero-order chi connectivity index (χ0) is 21.5. The van der Waals surface area contributed by atoms with Crippen molar-refractivity contribution in [3.05, 3.63) is 35.9 Å². The molecular weight excluding hydrogens is 501 g/mol. The Labute approximate surface area is 194 Å². The number of halogens is 1. The van der Waals surface area contributed by atoms with Crippen LogP contribution >= 0.6 is 22.6 Å². The minimum atomic E-state index is -0.448. The number of hydrogen-bond donors (Lipinski definition) is 1. The van der Waals surface area contributed by atoms with Gasteiger partial charge < -0.3 is 29.0 Å². The van der Waals surface area contributed by atoms with Gasteiger partial charge in [0.05, 0.1) is 46.2 Å². The van der Waals surface area contributed by atoms with Crippen LogP contribution in [0.4, 0.5) is 4.79 Å². The van der Waals surface area contributed by atoms with Crippen LogP contribution in [0, 0.1) is 0 Å². The maximum absolute atomic E-state index is 11.6. The molecule has 1 aromatic carbocycles. The molecule has 0 unspecified atom stereocenters. The van der Waals surface area contributed by atoms with E-state index in [9.17, 15) is 4.79 Å². The summed E-state index contributed by atoms with van der Waals surface area (Å²) in [5, 5.41) is 2.65. The Bertz CT molecular complexity index is 506. The highest BCUT2D eigenvalue weighted by molar-refractivity contribution is 14.1. The first kappa shape index (κ1) is 27.1. The average Bonchev–Trinajstić information content (AvgIpc) is 2.77. The van der Waals surface area contributed by atoms with Crippen molar-refractivity contribution in [3.8, 4) is 0 Å². The molecule has 1 amide bonds. The number of unbranched alkanes of at least 4 members (excludes halogenated alkanes) is 3. The van der Waals surface area contributed by atoms with Crippen LogP contribution < -0.4 is 5.32 Å². The Morgan fingerprint density at radius 3 is 1.93 bits per heavy atom. The van der Waals surface area contributed by atoms with Gasteiger partial charge in [-0.3, -0.25) is 0 Å². The molecule has 7 nitrogen and oxygen atoms in total. The summed E-state index contributed by atoms with van der Waals surface area (Å²) < 4.78 is 28.1. The molecule has 1 aromatic rings. The Kier molecular flexibility index (Phi) is 19.2. The normalized spacial score (nSPS) is 10.8. The Morgan fingerprint density at radius 1 is 0.733 bits per heavy atom. The molecule has 1 N–H and O–H groups in total. The number of benzene rings is 1. The smallest absolute Gasteiger partial charge is 0.407 e. The molecule has 8 heteroatoms. The molecule has 0 radical (unpaired) electrons. The first-order valence-corrected chi connectivity index (χ1v) is 12.2. The minimum Gasteiger partial charge on any atom is -0.445 e.